The van der Waals surface area contributed by atoms with Crippen LogP contribution in [0.2, 0.25) is 0 Å². The Morgan fingerprint density at radius 1 is 1.47 bits per heavy atom. The van der Waals surface area contributed by atoms with Crippen LogP contribution in [0.1, 0.15) is 30.9 Å². The second kappa shape index (κ2) is 5.98. The Morgan fingerprint density at radius 2 is 2.29 bits per heavy atom. The number of nitrogens with zero attached hydrogens (tertiary/aromatic N) is 1. The van der Waals surface area contributed by atoms with Gasteiger partial charge in [-0.05, 0) is 50.6 Å². The number of benzene rings is 1. The predicted molar refractivity (Wildman–Crippen MR) is 76.0 cm³/mol. The van der Waals surface area contributed by atoms with Gasteiger partial charge in [0.1, 0.15) is 0 Å². The van der Waals surface area contributed by atoms with Crippen molar-refractivity contribution in [2.75, 3.05) is 13.6 Å². The number of nitrogens with one attached hydrogen (secondary N) is 1. The molecule has 1 aromatic carbocycles. The Kier molecular flexibility index (Phi) is 4.60. The third-order valence-electron chi connectivity index (χ3n) is 3.56. The molecule has 0 saturated carbocycles. The highest BCUT2D eigenvalue weighted by molar-refractivity contribution is 9.10. The monoisotopic (exact) mass is 296 g/mol. The first-order valence-electron chi connectivity index (χ1n) is 6.36. The molecule has 0 radical (unpaired) electrons. The van der Waals surface area contributed by atoms with Crippen molar-refractivity contribution in [3.8, 4) is 0 Å². The van der Waals surface area contributed by atoms with Crippen molar-refractivity contribution in [1.29, 1.82) is 0 Å². The van der Waals surface area contributed by atoms with Crippen LogP contribution in [-0.2, 0) is 13.1 Å². The second-order valence-electron chi connectivity index (χ2n) is 4.92. The van der Waals surface area contributed by atoms with Crippen molar-refractivity contribution >= 4 is 15.9 Å². The lowest BCUT2D eigenvalue weighted by atomic mass is 10.1. The van der Waals surface area contributed by atoms with Crippen molar-refractivity contribution in [1.82, 2.24) is 10.2 Å². The van der Waals surface area contributed by atoms with Gasteiger partial charge in [0, 0.05) is 23.6 Å². The van der Waals surface area contributed by atoms with Gasteiger partial charge in [0.15, 0.2) is 0 Å². The van der Waals surface area contributed by atoms with Gasteiger partial charge in [-0.3, -0.25) is 4.90 Å². The van der Waals surface area contributed by atoms with E-state index >= 15 is 0 Å². The van der Waals surface area contributed by atoms with Crippen LogP contribution in [-0.4, -0.2) is 24.5 Å². The lowest BCUT2D eigenvalue weighted by Gasteiger charge is -2.21. The summed E-state index contributed by atoms with van der Waals surface area (Å²) in [4.78, 5) is 2.57. The van der Waals surface area contributed by atoms with E-state index in [9.17, 15) is 0 Å². The van der Waals surface area contributed by atoms with Crippen LogP contribution in [0.5, 0.6) is 0 Å². The fraction of sp³-hybridized carbons (Fsp3) is 0.571. The van der Waals surface area contributed by atoms with Crippen LogP contribution >= 0.6 is 15.9 Å². The molecule has 94 valence electrons. The minimum Gasteiger partial charge on any atom is -0.316 e. The van der Waals surface area contributed by atoms with E-state index in [1.165, 1.54) is 35.0 Å². The van der Waals surface area contributed by atoms with Gasteiger partial charge in [0.2, 0.25) is 0 Å². The SMILES string of the molecule is CNCc1ccc(CN2CCCC2C)c(Br)c1. The van der Waals surface area contributed by atoms with E-state index in [-0.39, 0.29) is 0 Å². The topological polar surface area (TPSA) is 15.3 Å². The summed E-state index contributed by atoms with van der Waals surface area (Å²) in [5.41, 5.74) is 2.73. The number of hydrogen-bond donors (Lipinski definition) is 1. The third-order valence-corrected chi connectivity index (χ3v) is 4.30. The van der Waals surface area contributed by atoms with E-state index < -0.39 is 0 Å². The summed E-state index contributed by atoms with van der Waals surface area (Å²) >= 11 is 3.69. The van der Waals surface area contributed by atoms with Gasteiger partial charge >= 0.3 is 0 Å². The van der Waals surface area contributed by atoms with Gasteiger partial charge < -0.3 is 5.32 Å². The van der Waals surface area contributed by atoms with Crippen LogP contribution in [0.25, 0.3) is 0 Å². The van der Waals surface area contributed by atoms with Crippen LogP contribution in [0.4, 0.5) is 0 Å². The first-order chi connectivity index (χ1) is 8.20. The molecule has 0 bridgehead atoms. The quantitative estimate of drug-likeness (QED) is 0.918. The predicted octanol–water partition coefficient (Wildman–Crippen LogP) is 3.15. The maximum absolute atomic E-state index is 3.69. The molecule has 1 unspecified atom stereocenters. The van der Waals surface area contributed by atoms with E-state index in [1.807, 2.05) is 7.05 Å². The summed E-state index contributed by atoms with van der Waals surface area (Å²) in [6, 6.07) is 7.44. The zero-order valence-corrected chi connectivity index (χ0v) is 12.3. The van der Waals surface area contributed by atoms with E-state index in [0.717, 1.165) is 19.1 Å². The largest absolute Gasteiger partial charge is 0.316 e. The van der Waals surface area contributed by atoms with Gasteiger partial charge in [0.25, 0.3) is 0 Å². The van der Waals surface area contributed by atoms with Gasteiger partial charge in [0.05, 0.1) is 0 Å². The molecule has 1 heterocycles. The molecule has 0 aromatic heterocycles. The number of halogens is 1. The highest BCUT2D eigenvalue weighted by atomic mass is 79.9. The minimum atomic E-state index is 0.735. The Labute approximate surface area is 113 Å². The van der Waals surface area contributed by atoms with Gasteiger partial charge in [-0.1, -0.05) is 28.1 Å². The highest BCUT2D eigenvalue weighted by Gasteiger charge is 2.20. The highest BCUT2D eigenvalue weighted by Crippen LogP contribution is 2.24. The Bertz CT molecular complexity index is 378. The van der Waals surface area contributed by atoms with E-state index in [2.05, 4.69) is 51.3 Å². The molecular formula is C14H21BrN2. The van der Waals surface area contributed by atoms with Crippen LogP contribution < -0.4 is 5.32 Å². The minimum absolute atomic E-state index is 0.735. The normalized spacial score (nSPS) is 21.0. The molecule has 1 fully saturated rings. The average Bonchev–Trinajstić information content (AvgIpc) is 2.69. The molecule has 17 heavy (non-hydrogen) atoms. The summed E-state index contributed by atoms with van der Waals surface area (Å²) in [5.74, 6) is 0. The molecule has 0 amide bonds. The molecule has 1 aliphatic heterocycles. The zero-order chi connectivity index (χ0) is 12.3. The van der Waals surface area contributed by atoms with Crippen LogP contribution in [0, 0.1) is 0 Å². The van der Waals surface area contributed by atoms with Crippen molar-refractivity contribution < 1.29 is 0 Å². The average molecular weight is 297 g/mol. The zero-order valence-electron chi connectivity index (χ0n) is 10.7. The standard InChI is InChI=1S/C14H21BrN2/c1-11-4-3-7-17(11)10-13-6-5-12(9-16-2)8-14(13)15/h5-6,8,11,16H,3-4,7,9-10H2,1-2H3. The molecular weight excluding hydrogens is 276 g/mol. The van der Waals surface area contributed by atoms with Crippen molar-refractivity contribution in [2.45, 2.75) is 38.9 Å². The van der Waals surface area contributed by atoms with Crippen molar-refractivity contribution in [3.63, 3.8) is 0 Å². The fourth-order valence-electron chi connectivity index (χ4n) is 2.48. The Morgan fingerprint density at radius 3 is 2.88 bits per heavy atom. The number of hydrogen-bond acceptors (Lipinski definition) is 2. The van der Waals surface area contributed by atoms with Gasteiger partial charge in [-0.25, -0.2) is 0 Å². The lowest BCUT2D eigenvalue weighted by Crippen LogP contribution is -2.26. The first kappa shape index (κ1) is 13.1. The van der Waals surface area contributed by atoms with Gasteiger partial charge in [-0.15, -0.1) is 0 Å². The molecule has 2 rings (SSSR count). The molecule has 1 N–H and O–H groups in total. The van der Waals surface area contributed by atoms with Crippen LogP contribution in [0.3, 0.4) is 0 Å². The molecule has 1 aromatic rings. The molecule has 1 saturated heterocycles. The summed E-state index contributed by atoms with van der Waals surface area (Å²) in [5, 5.41) is 3.18. The van der Waals surface area contributed by atoms with Crippen molar-refractivity contribution in [2.24, 2.45) is 0 Å². The Balaban J connectivity index is 2.05. The molecule has 1 aliphatic rings. The Hall–Kier alpha value is -0.380. The molecule has 0 aliphatic carbocycles. The van der Waals surface area contributed by atoms with E-state index in [0.29, 0.717) is 0 Å². The number of rotatable bonds is 4. The maximum atomic E-state index is 3.69. The summed E-state index contributed by atoms with van der Waals surface area (Å²) in [6.07, 6.45) is 2.69. The van der Waals surface area contributed by atoms with E-state index in [1.54, 1.807) is 0 Å². The number of likely N-dealkylation sites (tertiary alicyclic amines) is 1. The molecule has 0 spiro atoms. The maximum Gasteiger partial charge on any atom is 0.0247 e. The smallest absolute Gasteiger partial charge is 0.0247 e. The molecule has 1 atom stereocenters. The summed E-state index contributed by atoms with van der Waals surface area (Å²) < 4.78 is 1.24. The summed E-state index contributed by atoms with van der Waals surface area (Å²) in [6.45, 7) is 5.57. The summed E-state index contributed by atoms with van der Waals surface area (Å²) in [7, 11) is 1.98. The fourth-order valence-corrected chi connectivity index (χ4v) is 3.03. The first-order valence-corrected chi connectivity index (χ1v) is 7.16. The second-order valence-corrected chi connectivity index (χ2v) is 5.77. The van der Waals surface area contributed by atoms with Crippen molar-refractivity contribution in [3.05, 3.63) is 33.8 Å². The third kappa shape index (κ3) is 3.30. The lowest BCUT2D eigenvalue weighted by molar-refractivity contribution is 0.260. The molecule has 2 nitrogen and oxygen atoms in total. The van der Waals surface area contributed by atoms with Crippen LogP contribution in [0.15, 0.2) is 22.7 Å². The van der Waals surface area contributed by atoms with Gasteiger partial charge in [-0.2, -0.15) is 0 Å². The molecule has 3 heteroatoms. The van der Waals surface area contributed by atoms with E-state index in [4.69, 9.17) is 0 Å².